The van der Waals surface area contributed by atoms with Crippen LogP contribution in [0, 0.1) is 11.8 Å². The molecule has 0 unspecified atom stereocenters. The number of allylic oxidation sites excluding steroid dienone is 2. The Morgan fingerprint density at radius 2 is 2.36 bits per heavy atom. The predicted molar refractivity (Wildman–Crippen MR) is 61.0 cm³/mol. The van der Waals surface area contributed by atoms with Gasteiger partial charge in [0.15, 0.2) is 5.78 Å². The molecule has 0 N–H and O–H groups in total. The molecular formula is C10H13IO3. The Kier molecular flexibility index (Phi) is 4.10. The van der Waals surface area contributed by atoms with Gasteiger partial charge in [-0.25, -0.2) is 0 Å². The van der Waals surface area contributed by atoms with Gasteiger partial charge in [-0.3, -0.25) is 9.59 Å². The van der Waals surface area contributed by atoms with Gasteiger partial charge in [-0.2, -0.15) is 0 Å². The van der Waals surface area contributed by atoms with Gasteiger partial charge < -0.3 is 4.74 Å². The van der Waals surface area contributed by atoms with Crippen LogP contribution >= 0.6 is 22.6 Å². The zero-order chi connectivity index (χ0) is 10.7. The van der Waals surface area contributed by atoms with Gasteiger partial charge in [0, 0.05) is 0 Å². The van der Waals surface area contributed by atoms with E-state index in [1.165, 1.54) is 0 Å². The molecule has 14 heavy (non-hydrogen) atoms. The summed E-state index contributed by atoms with van der Waals surface area (Å²) in [5.41, 5.74) is 0. The Balaban J connectivity index is 2.81. The second kappa shape index (κ2) is 4.91. The zero-order valence-corrected chi connectivity index (χ0v) is 10.4. The quantitative estimate of drug-likeness (QED) is 0.446. The lowest BCUT2D eigenvalue weighted by Gasteiger charge is -2.23. The van der Waals surface area contributed by atoms with E-state index in [0.29, 0.717) is 10.2 Å². The van der Waals surface area contributed by atoms with Crippen LogP contribution in [0.25, 0.3) is 0 Å². The maximum absolute atomic E-state index is 11.7. The van der Waals surface area contributed by atoms with Gasteiger partial charge in [-0.1, -0.05) is 13.0 Å². The van der Waals surface area contributed by atoms with Gasteiger partial charge in [0.1, 0.15) is 5.92 Å². The molecule has 0 aromatic heterocycles. The third-order valence-electron chi connectivity index (χ3n) is 2.30. The molecule has 0 aromatic rings. The van der Waals surface area contributed by atoms with E-state index in [-0.39, 0.29) is 17.7 Å². The van der Waals surface area contributed by atoms with E-state index in [1.54, 1.807) is 6.92 Å². The van der Waals surface area contributed by atoms with Crippen molar-refractivity contribution >= 4 is 34.3 Å². The molecule has 1 aliphatic rings. The van der Waals surface area contributed by atoms with Gasteiger partial charge >= 0.3 is 5.97 Å². The van der Waals surface area contributed by atoms with E-state index in [4.69, 9.17) is 4.74 Å². The second-order valence-electron chi connectivity index (χ2n) is 3.36. The third-order valence-corrected chi connectivity index (χ3v) is 3.27. The molecule has 0 aliphatic heterocycles. The number of rotatable bonds is 2. The highest BCUT2D eigenvalue weighted by molar-refractivity contribution is 14.1. The van der Waals surface area contributed by atoms with E-state index in [2.05, 4.69) is 0 Å². The number of ketones is 1. The van der Waals surface area contributed by atoms with Crippen LogP contribution in [-0.2, 0) is 14.3 Å². The highest BCUT2D eigenvalue weighted by atomic mass is 127. The normalized spacial score (nSPS) is 27.1. The molecule has 1 aliphatic carbocycles. The van der Waals surface area contributed by atoms with Crippen LogP contribution in [0.5, 0.6) is 0 Å². The maximum atomic E-state index is 11.7. The summed E-state index contributed by atoms with van der Waals surface area (Å²) >= 11 is 1.97. The van der Waals surface area contributed by atoms with Crippen LogP contribution in [0.4, 0.5) is 0 Å². The molecule has 0 fully saturated rings. The van der Waals surface area contributed by atoms with E-state index in [9.17, 15) is 9.59 Å². The van der Waals surface area contributed by atoms with Gasteiger partial charge in [0.25, 0.3) is 0 Å². The highest BCUT2D eigenvalue weighted by Crippen LogP contribution is 2.30. The molecule has 78 valence electrons. The minimum absolute atomic E-state index is 0.0556. The van der Waals surface area contributed by atoms with Crippen molar-refractivity contribution in [3.05, 3.63) is 9.66 Å². The van der Waals surface area contributed by atoms with E-state index >= 15 is 0 Å². The smallest absolute Gasteiger partial charge is 0.317 e. The van der Waals surface area contributed by atoms with Crippen molar-refractivity contribution in [3.63, 3.8) is 0 Å². The van der Waals surface area contributed by atoms with E-state index in [1.807, 2.05) is 35.6 Å². The topological polar surface area (TPSA) is 43.4 Å². The van der Waals surface area contributed by atoms with E-state index < -0.39 is 5.92 Å². The molecule has 0 amide bonds. The third kappa shape index (κ3) is 2.34. The van der Waals surface area contributed by atoms with E-state index in [0.717, 1.165) is 6.42 Å². The first-order valence-electron chi connectivity index (χ1n) is 4.64. The number of esters is 1. The fraction of sp³-hybridized carbons (Fsp3) is 0.600. The summed E-state index contributed by atoms with van der Waals surface area (Å²) in [5.74, 6) is -1.01. The second-order valence-corrected chi connectivity index (χ2v) is 4.52. The first-order chi connectivity index (χ1) is 6.57. The fourth-order valence-electron chi connectivity index (χ4n) is 1.50. The van der Waals surface area contributed by atoms with Crippen molar-refractivity contribution < 1.29 is 14.3 Å². The van der Waals surface area contributed by atoms with Crippen molar-refractivity contribution in [2.24, 2.45) is 11.8 Å². The van der Waals surface area contributed by atoms with Crippen molar-refractivity contribution in [1.29, 1.82) is 0 Å². The highest BCUT2D eigenvalue weighted by Gasteiger charge is 2.36. The summed E-state index contributed by atoms with van der Waals surface area (Å²) in [6.07, 6.45) is 2.65. The summed E-state index contributed by atoms with van der Waals surface area (Å²) in [6.45, 7) is 3.98. The molecule has 2 atom stereocenters. The molecule has 0 saturated carbocycles. The summed E-state index contributed by atoms with van der Waals surface area (Å²) in [4.78, 5) is 23.2. The number of carbonyl (C=O) groups is 2. The lowest BCUT2D eigenvalue weighted by molar-refractivity contribution is -0.152. The molecule has 4 heteroatoms. The summed E-state index contributed by atoms with van der Waals surface area (Å²) < 4.78 is 5.53. The minimum Gasteiger partial charge on any atom is -0.465 e. The molecule has 0 aromatic carbocycles. The summed E-state index contributed by atoms with van der Waals surface area (Å²) in [5, 5.41) is 0. The number of Topliss-reactive ketones (excluding diaryl/α,β-unsaturated/α-hetero) is 1. The lowest BCUT2D eigenvalue weighted by Crippen LogP contribution is -2.34. The summed E-state index contributed by atoms with van der Waals surface area (Å²) in [7, 11) is 0. The van der Waals surface area contributed by atoms with Crippen LogP contribution in [0.3, 0.4) is 0 Å². The molecule has 0 bridgehead atoms. The number of halogens is 1. The Labute approximate surface area is 97.0 Å². The van der Waals surface area contributed by atoms with Crippen molar-refractivity contribution in [1.82, 2.24) is 0 Å². The molecule has 0 heterocycles. The lowest BCUT2D eigenvalue weighted by atomic mass is 9.83. The first kappa shape index (κ1) is 11.7. The molecule has 1 rings (SSSR count). The van der Waals surface area contributed by atoms with Crippen LogP contribution < -0.4 is 0 Å². The molecule has 0 saturated heterocycles. The Bertz CT molecular complexity index is 283. The average Bonchev–Trinajstić information content (AvgIpc) is 2.13. The standard InChI is InChI=1S/C10H13IO3/c1-3-14-10(13)8-6(2)4-5-7(11)9(8)12/h5-6,8H,3-4H2,1-2H3/t6-,8+/m1/s1. The monoisotopic (exact) mass is 308 g/mol. The van der Waals surface area contributed by atoms with Crippen LogP contribution in [0.2, 0.25) is 0 Å². The fourth-order valence-corrected chi connectivity index (χ4v) is 2.09. The zero-order valence-electron chi connectivity index (χ0n) is 8.25. The van der Waals surface area contributed by atoms with Gasteiger partial charge in [0.05, 0.1) is 10.2 Å². The maximum Gasteiger partial charge on any atom is 0.317 e. The molecule has 0 spiro atoms. The predicted octanol–water partition coefficient (Wildman–Crippen LogP) is 2.09. The number of ether oxygens (including phenoxy) is 1. The summed E-state index contributed by atoms with van der Waals surface area (Å²) in [6, 6.07) is 0. The molecule has 3 nitrogen and oxygen atoms in total. The largest absolute Gasteiger partial charge is 0.465 e. The Morgan fingerprint density at radius 1 is 1.71 bits per heavy atom. The number of hydrogen-bond acceptors (Lipinski definition) is 3. The number of carbonyl (C=O) groups excluding carboxylic acids is 2. The Morgan fingerprint density at radius 3 is 2.93 bits per heavy atom. The molecular weight excluding hydrogens is 295 g/mol. The van der Waals surface area contributed by atoms with Crippen molar-refractivity contribution in [2.45, 2.75) is 20.3 Å². The van der Waals surface area contributed by atoms with Gasteiger partial charge in [-0.15, -0.1) is 0 Å². The van der Waals surface area contributed by atoms with Gasteiger partial charge in [0.2, 0.25) is 0 Å². The van der Waals surface area contributed by atoms with Crippen LogP contribution in [-0.4, -0.2) is 18.4 Å². The van der Waals surface area contributed by atoms with Crippen molar-refractivity contribution in [2.75, 3.05) is 6.61 Å². The molecule has 0 radical (unpaired) electrons. The van der Waals surface area contributed by atoms with Crippen LogP contribution in [0.15, 0.2) is 9.66 Å². The minimum atomic E-state index is -0.591. The van der Waals surface area contributed by atoms with Crippen molar-refractivity contribution in [3.8, 4) is 0 Å². The van der Waals surface area contributed by atoms with Crippen LogP contribution in [0.1, 0.15) is 20.3 Å². The first-order valence-corrected chi connectivity index (χ1v) is 5.72. The Hall–Kier alpha value is -0.390. The number of hydrogen-bond donors (Lipinski definition) is 0. The SMILES string of the molecule is CCOC(=O)[C@@H]1C(=O)C(I)=CC[C@H]1C. The average molecular weight is 308 g/mol. The van der Waals surface area contributed by atoms with Gasteiger partial charge in [-0.05, 0) is 41.9 Å².